The zero-order valence-corrected chi connectivity index (χ0v) is 12.3. The van der Waals surface area contributed by atoms with Gasteiger partial charge in [-0.05, 0) is 20.8 Å². The normalized spacial score (nSPS) is 24.7. The van der Waals surface area contributed by atoms with Crippen molar-refractivity contribution in [3.8, 4) is 0 Å². The van der Waals surface area contributed by atoms with E-state index < -0.39 is 5.60 Å². The molecular weight excluding hydrogens is 232 g/mol. The lowest BCUT2D eigenvalue weighted by molar-refractivity contribution is 0.0252. The van der Waals surface area contributed by atoms with E-state index in [1.165, 1.54) is 0 Å². The Bertz CT molecular complexity index is 286. The predicted octanol–water partition coefficient (Wildman–Crippen LogP) is 1.62. The van der Waals surface area contributed by atoms with E-state index in [0.717, 1.165) is 0 Å². The highest BCUT2D eigenvalue weighted by Gasteiger charge is 2.37. The number of rotatable bonds is 3. The van der Waals surface area contributed by atoms with Gasteiger partial charge >= 0.3 is 6.09 Å². The van der Waals surface area contributed by atoms with Gasteiger partial charge in [0.1, 0.15) is 5.60 Å². The number of amides is 1. The Morgan fingerprint density at radius 2 is 1.94 bits per heavy atom. The Kier molecular flexibility index (Phi) is 4.99. The first-order valence-electron chi connectivity index (χ1n) is 6.49. The zero-order valence-electron chi connectivity index (χ0n) is 12.3. The number of hydrogen-bond donors (Lipinski definition) is 1. The molecule has 2 unspecified atom stereocenters. The molecule has 106 valence electrons. The van der Waals surface area contributed by atoms with Crippen LogP contribution in [0.3, 0.4) is 0 Å². The molecule has 1 aliphatic rings. The highest BCUT2D eigenvalue weighted by molar-refractivity contribution is 5.68. The van der Waals surface area contributed by atoms with Crippen LogP contribution in [0.4, 0.5) is 4.79 Å². The summed E-state index contributed by atoms with van der Waals surface area (Å²) in [5.41, 5.74) is -0.455. The van der Waals surface area contributed by atoms with Crippen molar-refractivity contribution in [2.24, 2.45) is 0 Å². The second kappa shape index (κ2) is 5.89. The fraction of sp³-hybridized carbons (Fsp3) is 0.923. The minimum Gasteiger partial charge on any atom is -0.444 e. The van der Waals surface area contributed by atoms with Crippen LogP contribution in [0.5, 0.6) is 0 Å². The van der Waals surface area contributed by atoms with E-state index in [9.17, 15) is 4.79 Å². The monoisotopic (exact) mass is 258 g/mol. The van der Waals surface area contributed by atoms with Crippen LogP contribution in [0.25, 0.3) is 0 Å². The van der Waals surface area contributed by atoms with Crippen molar-refractivity contribution in [1.29, 1.82) is 0 Å². The molecule has 5 heteroatoms. The maximum atomic E-state index is 12.0. The standard InChI is InChI=1S/C13H26N2O3/c1-9(2)14-10-7-15(8-11(10)17-6)12(16)18-13(3,4)5/h9-11,14H,7-8H2,1-6H3. The van der Waals surface area contributed by atoms with E-state index in [1.54, 1.807) is 12.0 Å². The third-order valence-corrected chi connectivity index (χ3v) is 2.77. The Hall–Kier alpha value is -0.810. The number of hydrogen-bond acceptors (Lipinski definition) is 4. The fourth-order valence-corrected chi connectivity index (χ4v) is 2.08. The minimum absolute atomic E-state index is 0.0277. The Balaban J connectivity index is 2.58. The van der Waals surface area contributed by atoms with Gasteiger partial charge in [0.25, 0.3) is 0 Å². The Morgan fingerprint density at radius 1 is 1.33 bits per heavy atom. The van der Waals surface area contributed by atoms with Gasteiger partial charge in [0.05, 0.1) is 18.7 Å². The predicted molar refractivity (Wildman–Crippen MR) is 70.7 cm³/mol. The third-order valence-electron chi connectivity index (χ3n) is 2.77. The van der Waals surface area contributed by atoms with Crippen LogP contribution in [0.2, 0.25) is 0 Å². The molecule has 0 aromatic rings. The summed E-state index contributed by atoms with van der Waals surface area (Å²) in [4.78, 5) is 13.7. The molecule has 1 heterocycles. The summed E-state index contributed by atoms with van der Waals surface area (Å²) < 4.78 is 10.8. The summed E-state index contributed by atoms with van der Waals surface area (Å²) in [5.74, 6) is 0. The molecule has 0 aromatic heterocycles. The maximum absolute atomic E-state index is 12.0. The molecule has 1 saturated heterocycles. The topological polar surface area (TPSA) is 50.8 Å². The summed E-state index contributed by atoms with van der Waals surface area (Å²) in [6, 6.07) is 0.536. The van der Waals surface area contributed by atoms with Gasteiger partial charge in [0, 0.05) is 19.7 Å². The maximum Gasteiger partial charge on any atom is 0.410 e. The molecule has 0 aromatic carbocycles. The Morgan fingerprint density at radius 3 is 2.39 bits per heavy atom. The molecule has 18 heavy (non-hydrogen) atoms. The molecule has 0 bridgehead atoms. The number of likely N-dealkylation sites (tertiary alicyclic amines) is 1. The molecule has 0 radical (unpaired) electrons. The summed E-state index contributed by atoms with van der Waals surface area (Å²) in [6.07, 6.45) is -0.238. The lowest BCUT2D eigenvalue weighted by Gasteiger charge is -2.24. The van der Waals surface area contributed by atoms with Crippen molar-refractivity contribution in [3.63, 3.8) is 0 Å². The quantitative estimate of drug-likeness (QED) is 0.835. The molecule has 5 nitrogen and oxygen atoms in total. The number of methoxy groups -OCH3 is 1. The van der Waals surface area contributed by atoms with Gasteiger partial charge in [0.2, 0.25) is 0 Å². The van der Waals surface area contributed by atoms with Crippen molar-refractivity contribution >= 4 is 6.09 Å². The lowest BCUT2D eigenvalue weighted by atomic mass is 10.2. The second-order valence-electron chi connectivity index (χ2n) is 6.09. The molecule has 2 atom stereocenters. The van der Waals surface area contributed by atoms with Crippen LogP contribution in [0.15, 0.2) is 0 Å². The van der Waals surface area contributed by atoms with Gasteiger partial charge in [-0.15, -0.1) is 0 Å². The van der Waals surface area contributed by atoms with Crippen molar-refractivity contribution < 1.29 is 14.3 Å². The van der Waals surface area contributed by atoms with Gasteiger partial charge in [-0.3, -0.25) is 0 Å². The third kappa shape index (κ3) is 4.46. The van der Waals surface area contributed by atoms with Gasteiger partial charge < -0.3 is 19.7 Å². The van der Waals surface area contributed by atoms with E-state index in [2.05, 4.69) is 19.2 Å². The van der Waals surface area contributed by atoms with Crippen LogP contribution in [-0.4, -0.2) is 55.0 Å². The van der Waals surface area contributed by atoms with Crippen LogP contribution in [-0.2, 0) is 9.47 Å². The summed E-state index contributed by atoms with van der Waals surface area (Å²) in [5, 5.41) is 3.42. The number of nitrogens with zero attached hydrogens (tertiary/aromatic N) is 1. The first-order chi connectivity index (χ1) is 8.23. The number of ether oxygens (including phenoxy) is 2. The fourth-order valence-electron chi connectivity index (χ4n) is 2.08. The molecule has 1 amide bonds. The second-order valence-corrected chi connectivity index (χ2v) is 6.09. The molecule has 1 fully saturated rings. The number of carbonyl (C=O) groups is 1. The smallest absolute Gasteiger partial charge is 0.410 e. The van der Waals surface area contributed by atoms with E-state index in [1.807, 2.05) is 20.8 Å². The van der Waals surface area contributed by atoms with Crippen molar-refractivity contribution in [1.82, 2.24) is 10.2 Å². The first-order valence-corrected chi connectivity index (χ1v) is 6.49. The molecule has 0 aliphatic carbocycles. The van der Waals surface area contributed by atoms with Crippen LogP contribution >= 0.6 is 0 Å². The minimum atomic E-state index is -0.455. The highest BCUT2D eigenvalue weighted by Crippen LogP contribution is 2.17. The van der Waals surface area contributed by atoms with E-state index in [-0.39, 0.29) is 18.2 Å². The van der Waals surface area contributed by atoms with Crippen LogP contribution in [0, 0.1) is 0 Å². The molecule has 0 saturated carbocycles. The number of carbonyl (C=O) groups excluding carboxylic acids is 1. The average Bonchev–Trinajstić information content (AvgIpc) is 2.57. The van der Waals surface area contributed by atoms with Crippen LogP contribution in [0.1, 0.15) is 34.6 Å². The SMILES string of the molecule is COC1CN(C(=O)OC(C)(C)C)CC1NC(C)C. The van der Waals surface area contributed by atoms with Gasteiger partial charge in [-0.1, -0.05) is 13.8 Å². The van der Waals surface area contributed by atoms with Crippen molar-refractivity contribution in [3.05, 3.63) is 0 Å². The number of nitrogens with one attached hydrogen (secondary N) is 1. The van der Waals surface area contributed by atoms with E-state index in [4.69, 9.17) is 9.47 Å². The average molecular weight is 258 g/mol. The van der Waals surface area contributed by atoms with Crippen molar-refractivity contribution in [2.45, 2.75) is 58.4 Å². The largest absolute Gasteiger partial charge is 0.444 e. The van der Waals surface area contributed by atoms with Crippen molar-refractivity contribution in [2.75, 3.05) is 20.2 Å². The van der Waals surface area contributed by atoms with Crippen LogP contribution < -0.4 is 5.32 Å². The summed E-state index contributed by atoms with van der Waals surface area (Å²) in [7, 11) is 1.68. The Labute approximate surface area is 110 Å². The van der Waals surface area contributed by atoms with Gasteiger partial charge in [-0.2, -0.15) is 0 Å². The first kappa shape index (κ1) is 15.2. The van der Waals surface area contributed by atoms with E-state index in [0.29, 0.717) is 19.1 Å². The van der Waals surface area contributed by atoms with Gasteiger partial charge in [-0.25, -0.2) is 4.79 Å². The molecule has 1 aliphatic heterocycles. The summed E-state index contributed by atoms with van der Waals surface area (Å²) >= 11 is 0. The lowest BCUT2D eigenvalue weighted by Crippen LogP contribution is -2.44. The molecule has 1 rings (SSSR count). The highest BCUT2D eigenvalue weighted by atomic mass is 16.6. The molecule has 0 spiro atoms. The summed E-state index contributed by atoms with van der Waals surface area (Å²) in [6.45, 7) is 11.0. The molecule has 1 N–H and O–H groups in total. The molecular formula is C13H26N2O3. The zero-order chi connectivity index (χ0) is 13.9. The van der Waals surface area contributed by atoms with E-state index >= 15 is 0 Å². The van der Waals surface area contributed by atoms with Gasteiger partial charge in [0.15, 0.2) is 0 Å².